The number of sulfonamides is 1. The van der Waals surface area contributed by atoms with Gasteiger partial charge in [-0.05, 0) is 28.8 Å². The van der Waals surface area contributed by atoms with Crippen LogP contribution in [-0.4, -0.2) is 39.6 Å². The maximum Gasteiger partial charge on any atom is 0.245 e. The summed E-state index contributed by atoms with van der Waals surface area (Å²) < 4.78 is 29.0. The second-order valence-corrected chi connectivity index (χ2v) is 12.9. The standard InChI is InChI=1S/C24H27N2O2SSi/c1-3-30(4-2)23-18-26(17-15-21(23)19-10-6-5-7-11-19)29(27,28)22-14-8-12-20-13-9-16-25-24(20)22/h5-16,23H,3-4,17-18H2,1-2H3/t23-/m0/s1. The molecule has 3 aromatic rings. The minimum absolute atomic E-state index is 0.277. The molecule has 0 unspecified atom stereocenters. The fraction of sp³-hybridized carbons (Fsp3) is 0.292. The van der Waals surface area contributed by atoms with Crippen molar-refractivity contribution in [3.8, 4) is 0 Å². The third-order valence-electron chi connectivity index (χ3n) is 6.00. The molecule has 4 nitrogen and oxygen atoms in total. The molecule has 1 atom stereocenters. The smallest absolute Gasteiger partial charge is 0.245 e. The normalized spacial score (nSPS) is 18.0. The Morgan fingerprint density at radius 1 is 1.00 bits per heavy atom. The quantitative estimate of drug-likeness (QED) is 0.498. The van der Waals surface area contributed by atoms with Gasteiger partial charge in [-0.1, -0.05) is 80.5 Å². The summed E-state index contributed by atoms with van der Waals surface area (Å²) in [6, 6.07) is 21.8. The average Bonchev–Trinajstić information content (AvgIpc) is 2.80. The van der Waals surface area contributed by atoms with Crippen LogP contribution in [0.4, 0.5) is 0 Å². The van der Waals surface area contributed by atoms with Crippen molar-refractivity contribution < 1.29 is 8.42 Å². The second-order valence-electron chi connectivity index (χ2n) is 7.60. The highest BCUT2D eigenvalue weighted by atomic mass is 32.2. The molecule has 0 bridgehead atoms. The first kappa shape index (κ1) is 21.0. The zero-order chi connectivity index (χ0) is 21.1. The molecule has 0 spiro atoms. The molecule has 0 saturated heterocycles. The van der Waals surface area contributed by atoms with Gasteiger partial charge in [0, 0.05) is 24.7 Å². The van der Waals surface area contributed by atoms with Crippen molar-refractivity contribution in [2.45, 2.75) is 36.4 Å². The van der Waals surface area contributed by atoms with E-state index in [1.807, 2.05) is 24.3 Å². The van der Waals surface area contributed by atoms with Crippen LogP contribution >= 0.6 is 0 Å². The number of pyridine rings is 1. The number of hydrogen-bond donors (Lipinski definition) is 0. The molecule has 6 heteroatoms. The Morgan fingerprint density at radius 3 is 2.47 bits per heavy atom. The summed E-state index contributed by atoms with van der Waals surface area (Å²) >= 11 is 0. The molecule has 1 aromatic heterocycles. The van der Waals surface area contributed by atoms with Gasteiger partial charge in [0.1, 0.15) is 4.90 Å². The summed E-state index contributed by atoms with van der Waals surface area (Å²) in [6.45, 7) is 5.42. The lowest BCUT2D eigenvalue weighted by atomic mass is 10.00. The monoisotopic (exact) mass is 435 g/mol. The molecular weight excluding hydrogens is 408 g/mol. The highest BCUT2D eigenvalue weighted by Crippen LogP contribution is 2.39. The van der Waals surface area contributed by atoms with Crippen molar-refractivity contribution in [3.63, 3.8) is 0 Å². The van der Waals surface area contributed by atoms with Crippen molar-refractivity contribution in [1.82, 2.24) is 9.29 Å². The largest absolute Gasteiger partial charge is 0.255 e. The molecule has 155 valence electrons. The van der Waals surface area contributed by atoms with Crippen LogP contribution in [0.15, 0.2) is 77.8 Å². The van der Waals surface area contributed by atoms with Gasteiger partial charge in [-0.25, -0.2) is 8.42 Å². The molecule has 4 rings (SSSR count). The Labute approximate surface area is 180 Å². The molecular formula is C24H27N2O2SSi. The number of para-hydroxylation sites is 1. The lowest BCUT2D eigenvalue weighted by molar-refractivity contribution is 0.439. The Bertz CT molecular complexity index is 1150. The van der Waals surface area contributed by atoms with Crippen molar-refractivity contribution in [2.75, 3.05) is 13.1 Å². The molecule has 0 saturated carbocycles. The second kappa shape index (κ2) is 8.84. The van der Waals surface area contributed by atoms with E-state index in [9.17, 15) is 8.42 Å². The van der Waals surface area contributed by atoms with E-state index in [4.69, 9.17) is 0 Å². The van der Waals surface area contributed by atoms with Gasteiger partial charge in [-0.15, -0.1) is 0 Å². The van der Waals surface area contributed by atoms with E-state index in [2.05, 4.69) is 49.2 Å². The third kappa shape index (κ3) is 3.87. The van der Waals surface area contributed by atoms with Crippen LogP contribution in [0.1, 0.15) is 19.4 Å². The van der Waals surface area contributed by atoms with Gasteiger partial charge in [-0.2, -0.15) is 4.31 Å². The number of nitrogens with zero attached hydrogens (tertiary/aromatic N) is 2. The van der Waals surface area contributed by atoms with E-state index >= 15 is 0 Å². The molecule has 30 heavy (non-hydrogen) atoms. The lowest BCUT2D eigenvalue weighted by Crippen LogP contribution is -2.41. The first-order chi connectivity index (χ1) is 14.6. The number of benzene rings is 2. The van der Waals surface area contributed by atoms with Gasteiger partial charge in [-0.3, -0.25) is 4.98 Å². The Morgan fingerprint density at radius 2 is 1.73 bits per heavy atom. The highest BCUT2D eigenvalue weighted by molar-refractivity contribution is 7.89. The predicted molar refractivity (Wildman–Crippen MR) is 125 cm³/mol. The van der Waals surface area contributed by atoms with Gasteiger partial charge >= 0.3 is 0 Å². The van der Waals surface area contributed by atoms with E-state index in [-0.39, 0.29) is 5.54 Å². The maximum atomic E-state index is 13.7. The molecule has 1 aliphatic heterocycles. The van der Waals surface area contributed by atoms with Crippen LogP contribution in [0.2, 0.25) is 17.6 Å². The first-order valence-electron chi connectivity index (χ1n) is 10.5. The summed E-state index contributed by atoms with van der Waals surface area (Å²) in [7, 11) is -4.36. The fourth-order valence-corrected chi connectivity index (χ4v) is 8.76. The van der Waals surface area contributed by atoms with Gasteiger partial charge in [0.25, 0.3) is 0 Å². The number of aromatic nitrogens is 1. The van der Waals surface area contributed by atoms with Gasteiger partial charge < -0.3 is 0 Å². The minimum atomic E-state index is -3.63. The summed E-state index contributed by atoms with van der Waals surface area (Å²) in [5.74, 6) is 0. The molecule has 2 aromatic carbocycles. The Kier molecular flexibility index (Phi) is 6.18. The van der Waals surface area contributed by atoms with Crippen molar-refractivity contribution in [2.24, 2.45) is 0 Å². The van der Waals surface area contributed by atoms with Crippen LogP contribution in [0.5, 0.6) is 0 Å². The van der Waals surface area contributed by atoms with E-state index in [0.717, 1.165) is 17.5 Å². The number of fused-ring (bicyclic) bond motifs is 1. The number of hydrogen-bond acceptors (Lipinski definition) is 3. The summed E-state index contributed by atoms with van der Waals surface area (Å²) in [6.07, 6.45) is 3.79. The number of rotatable bonds is 6. The fourth-order valence-electron chi connectivity index (χ4n) is 4.38. The van der Waals surface area contributed by atoms with E-state index < -0.39 is 18.8 Å². The summed E-state index contributed by atoms with van der Waals surface area (Å²) in [5, 5.41) is 0.847. The topological polar surface area (TPSA) is 50.3 Å². The molecule has 0 amide bonds. The molecule has 0 fully saturated rings. The zero-order valence-corrected chi connectivity index (χ0v) is 19.3. The van der Waals surface area contributed by atoms with Gasteiger partial charge in [0.2, 0.25) is 10.0 Å². The first-order valence-corrected chi connectivity index (χ1v) is 13.9. The van der Waals surface area contributed by atoms with Crippen LogP contribution < -0.4 is 0 Å². The lowest BCUT2D eigenvalue weighted by Gasteiger charge is -2.36. The van der Waals surface area contributed by atoms with E-state index in [1.165, 1.54) is 11.1 Å². The molecule has 0 aliphatic carbocycles. The van der Waals surface area contributed by atoms with Crippen molar-refractivity contribution in [1.29, 1.82) is 0 Å². The predicted octanol–water partition coefficient (Wildman–Crippen LogP) is 5.23. The minimum Gasteiger partial charge on any atom is -0.255 e. The SMILES string of the molecule is CC[Si](CC)[C@H]1CN(S(=O)(=O)c2cccc3cccnc23)CC=C1c1ccccc1. The Balaban J connectivity index is 1.76. The van der Waals surface area contributed by atoms with Crippen LogP contribution in [0, 0.1) is 0 Å². The molecule has 2 heterocycles. The molecule has 1 aliphatic rings. The Hall–Kier alpha value is -2.28. The summed E-state index contributed by atoms with van der Waals surface area (Å²) in [5.41, 5.74) is 3.36. The average molecular weight is 436 g/mol. The van der Waals surface area contributed by atoms with E-state index in [0.29, 0.717) is 23.5 Å². The van der Waals surface area contributed by atoms with E-state index in [1.54, 1.807) is 22.6 Å². The zero-order valence-electron chi connectivity index (χ0n) is 17.5. The summed E-state index contributed by atoms with van der Waals surface area (Å²) in [4.78, 5) is 4.68. The highest BCUT2D eigenvalue weighted by Gasteiger charge is 2.36. The molecule has 0 N–H and O–H groups in total. The molecule has 1 radical (unpaired) electrons. The van der Waals surface area contributed by atoms with Crippen molar-refractivity contribution >= 4 is 35.3 Å². The van der Waals surface area contributed by atoms with Crippen LogP contribution in [0.25, 0.3) is 16.5 Å². The van der Waals surface area contributed by atoms with Gasteiger partial charge in [0.15, 0.2) is 0 Å². The van der Waals surface area contributed by atoms with Gasteiger partial charge in [0.05, 0.1) is 14.3 Å². The third-order valence-corrected chi connectivity index (χ3v) is 11.2. The maximum absolute atomic E-state index is 13.7. The van der Waals surface area contributed by atoms with Crippen molar-refractivity contribution in [3.05, 3.63) is 78.5 Å². The van der Waals surface area contributed by atoms with Crippen LogP contribution in [-0.2, 0) is 10.0 Å². The van der Waals surface area contributed by atoms with Crippen LogP contribution in [0.3, 0.4) is 0 Å².